The third kappa shape index (κ3) is 6.63. The molecular weight excluding hydrogens is 278 g/mol. The highest BCUT2D eigenvalue weighted by Gasteiger charge is 2.16. The quantitative estimate of drug-likeness (QED) is 0.583. The van der Waals surface area contributed by atoms with Gasteiger partial charge in [-0.3, -0.25) is 4.79 Å². The fourth-order valence-electron chi connectivity index (χ4n) is 1.72. The lowest BCUT2D eigenvalue weighted by atomic mass is 10.0. The van der Waals surface area contributed by atoms with Crippen molar-refractivity contribution in [2.75, 3.05) is 0 Å². The maximum Gasteiger partial charge on any atom is 0.191 e. The first kappa shape index (κ1) is 18.0. The fraction of sp³-hybridized carbons (Fsp3) is 0.278. The lowest BCUT2D eigenvalue weighted by Gasteiger charge is -2.09. The molecular formula is C18H23NO3. The van der Waals surface area contributed by atoms with Crippen LogP contribution in [0.4, 0.5) is 0 Å². The van der Waals surface area contributed by atoms with Gasteiger partial charge in [0.15, 0.2) is 5.78 Å². The van der Waals surface area contributed by atoms with Gasteiger partial charge in [-0.15, -0.1) is 0 Å². The summed E-state index contributed by atoms with van der Waals surface area (Å²) in [5.41, 5.74) is 6.36. The molecule has 4 nitrogen and oxygen atoms in total. The topological polar surface area (TPSA) is 83.5 Å². The van der Waals surface area contributed by atoms with Crippen LogP contribution in [0.1, 0.15) is 29.3 Å². The Balaban J connectivity index is 0.000000422. The lowest BCUT2D eigenvalue weighted by Crippen LogP contribution is -2.22. The van der Waals surface area contributed by atoms with Gasteiger partial charge in [-0.25, -0.2) is 0 Å². The van der Waals surface area contributed by atoms with Crippen LogP contribution in [-0.4, -0.2) is 28.3 Å². The molecule has 2 unspecified atom stereocenters. The molecule has 2 rings (SSSR count). The van der Waals surface area contributed by atoms with Gasteiger partial charge in [-0.05, 0) is 12.0 Å². The maximum atomic E-state index is 11.9. The van der Waals surface area contributed by atoms with E-state index in [4.69, 9.17) is 10.8 Å². The van der Waals surface area contributed by atoms with Crippen molar-refractivity contribution in [1.29, 1.82) is 0 Å². The highest BCUT2D eigenvalue weighted by atomic mass is 16.3. The van der Waals surface area contributed by atoms with Crippen LogP contribution in [0, 0.1) is 0 Å². The second-order valence-corrected chi connectivity index (χ2v) is 4.91. The zero-order chi connectivity index (χ0) is 16.4. The predicted octanol–water partition coefficient (Wildman–Crippen LogP) is 2.15. The van der Waals surface area contributed by atoms with E-state index in [0.717, 1.165) is 5.56 Å². The van der Waals surface area contributed by atoms with Crippen molar-refractivity contribution in [3.63, 3.8) is 0 Å². The second-order valence-electron chi connectivity index (χ2n) is 4.91. The number of rotatable bonds is 5. The molecule has 0 aliphatic heterocycles. The Labute approximate surface area is 131 Å². The van der Waals surface area contributed by atoms with Crippen LogP contribution in [0.15, 0.2) is 60.7 Å². The smallest absolute Gasteiger partial charge is 0.191 e. The van der Waals surface area contributed by atoms with Gasteiger partial charge < -0.3 is 15.9 Å². The van der Waals surface area contributed by atoms with Gasteiger partial charge in [0.2, 0.25) is 0 Å². The van der Waals surface area contributed by atoms with Crippen molar-refractivity contribution in [2.24, 2.45) is 5.73 Å². The number of nitrogens with two attached hydrogens (primary N) is 1. The van der Waals surface area contributed by atoms with Gasteiger partial charge in [0.25, 0.3) is 0 Å². The molecule has 0 spiro atoms. The Bertz CT molecular complexity index is 541. The molecule has 4 heteroatoms. The third-order valence-corrected chi connectivity index (χ3v) is 3.05. The Kier molecular flexibility index (Phi) is 8.07. The molecule has 0 amide bonds. The van der Waals surface area contributed by atoms with E-state index in [1.165, 1.54) is 0 Å². The van der Waals surface area contributed by atoms with Crippen LogP contribution in [0.25, 0.3) is 0 Å². The maximum absolute atomic E-state index is 11.9. The number of benzene rings is 2. The van der Waals surface area contributed by atoms with Crippen molar-refractivity contribution >= 4 is 5.78 Å². The van der Waals surface area contributed by atoms with Crippen LogP contribution in [0.5, 0.6) is 0 Å². The van der Waals surface area contributed by atoms with Crippen molar-refractivity contribution < 1.29 is 15.0 Å². The molecule has 4 N–H and O–H groups in total. The minimum absolute atomic E-state index is 0.227. The van der Waals surface area contributed by atoms with E-state index in [0.29, 0.717) is 18.4 Å². The molecule has 2 atom stereocenters. The number of hydrogen-bond acceptors (Lipinski definition) is 4. The van der Waals surface area contributed by atoms with E-state index in [-0.39, 0.29) is 5.78 Å². The highest BCUT2D eigenvalue weighted by Crippen LogP contribution is 2.09. The summed E-state index contributed by atoms with van der Waals surface area (Å²) < 4.78 is 0. The standard InChI is InChI=1S/C15H14O2.C3H9NO/c16-14(11-12-7-3-1-4-8-12)15(17)13-9-5-2-6-10-13;1-2-3(4)5/h1-10,14,16H,11H2;3,5H,2,4H2,1H3. The number of hydrogen-bond donors (Lipinski definition) is 3. The van der Waals surface area contributed by atoms with Gasteiger partial charge in [0.05, 0.1) is 0 Å². The normalized spacial score (nSPS) is 12.7. The van der Waals surface area contributed by atoms with E-state index in [1.54, 1.807) is 24.3 Å². The molecule has 0 saturated carbocycles. The molecule has 0 fully saturated rings. The van der Waals surface area contributed by atoms with E-state index in [1.807, 2.05) is 43.3 Å². The largest absolute Gasteiger partial charge is 0.385 e. The summed E-state index contributed by atoms with van der Waals surface area (Å²) in [5, 5.41) is 18.0. The van der Waals surface area contributed by atoms with Crippen LogP contribution in [0.3, 0.4) is 0 Å². The van der Waals surface area contributed by atoms with Crippen molar-refractivity contribution in [3.05, 3.63) is 71.8 Å². The van der Waals surface area contributed by atoms with E-state index < -0.39 is 12.3 Å². The average Bonchev–Trinajstić information content (AvgIpc) is 2.56. The summed E-state index contributed by atoms with van der Waals surface area (Å²) in [6.07, 6.45) is -0.594. The first-order chi connectivity index (χ1) is 10.5. The minimum Gasteiger partial charge on any atom is -0.385 e. The van der Waals surface area contributed by atoms with E-state index in [2.05, 4.69) is 0 Å². The summed E-state index contributed by atoms with van der Waals surface area (Å²) in [5.74, 6) is -0.227. The lowest BCUT2D eigenvalue weighted by molar-refractivity contribution is 0.0748. The first-order valence-corrected chi connectivity index (χ1v) is 7.29. The van der Waals surface area contributed by atoms with Crippen molar-refractivity contribution in [2.45, 2.75) is 32.1 Å². The minimum atomic E-state index is -0.972. The van der Waals surface area contributed by atoms with Gasteiger partial charge in [-0.2, -0.15) is 0 Å². The molecule has 2 aromatic rings. The summed E-state index contributed by atoms with van der Waals surface area (Å²) in [6, 6.07) is 18.4. The first-order valence-electron chi connectivity index (χ1n) is 7.29. The molecule has 0 bridgehead atoms. The fourth-order valence-corrected chi connectivity index (χ4v) is 1.72. The molecule has 0 aromatic heterocycles. The van der Waals surface area contributed by atoms with Crippen molar-refractivity contribution in [3.8, 4) is 0 Å². The Morgan fingerprint density at radius 2 is 1.45 bits per heavy atom. The average molecular weight is 301 g/mol. The highest BCUT2D eigenvalue weighted by molar-refractivity contribution is 5.99. The number of carbonyl (C=O) groups excluding carboxylic acids is 1. The number of carbonyl (C=O) groups is 1. The molecule has 0 aliphatic rings. The van der Waals surface area contributed by atoms with Gasteiger partial charge in [0, 0.05) is 12.0 Å². The van der Waals surface area contributed by atoms with E-state index >= 15 is 0 Å². The molecule has 0 heterocycles. The Hall–Kier alpha value is -2.01. The molecule has 22 heavy (non-hydrogen) atoms. The summed E-state index contributed by atoms with van der Waals surface area (Å²) in [7, 11) is 0. The molecule has 0 saturated heterocycles. The van der Waals surface area contributed by atoms with Gasteiger partial charge in [-0.1, -0.05) is 67.6 Å². The van der Waals surface area contributed by atoms with Gasteiger partial charge in [0.1, 0.15) is 12.3 Å². The molecule has 2 aromatic carbocycles. The summed E-state index contributed by atoms with van der Waals surface area (Å²) in [4.78, 5) is 11.9. The number of aliphatic hydroxyl groups excluding tert-OH is 2. The number of ketones is 1. The number of Topliss-reactive ketones (excluding diaryl/α,β-unsaturated/α-hetero) is 1. The SMILES string of the molecule is CCC(N)O.O=C(c1ccccc1)C(O)Cc1ccccc1. The van der Waals surface area contributed by atoms with E-state index in [9.17, 15) is 9.90 Å². The van der Waals surface area contributed by atoms with Crippen LogP contribution < -0.4 is 5.73 Å². The third-order valence-electron chi connectivity index (χ3n) is 3.05. The Morgan fingerprint density at radius 1 is 1.00 bits per heavy atom. The monoisotopic (exact) mass is 301 g/mol. The summed E-state index contributed by atoms with van der Waals surface area (Å²) in [6.45, 7) is 1.82. The molecule has 0 aliphatic carbocycles. The van der Waals surface area contributed by atoms with Crippen LogP contribution in [0.2, 0.25) is 0 Å². The predicted molar refractivity (Wildman–Crippen MR) is 87.4 cm³/mol. The molecule has 0 radical (unpaired) electrons. The van der Waals surface area contributed by atoms with Crippen LogP contribution in [-0.2, 0) is 6.42 Å². The molecule has 118 valence electrons. The zero-order valence-electron chi connectivity index (χ0n) is 12.7. The van der Waals surface area contributed by atoms with Crippen LogP contribution >= 0.6 is 0 Å². The van der Waals surface area contributed by atoms with Gasteiger partial charge >= 0.3 is 0 Å². The number of aliphatic hydroxyl groups is 2. The second kappa shape index (κ2) is 9.84. The Morgan fingerprint density at radius 3 is 1.91 bits per heavy atom. The zero-order valence-corrected chi connectivity index (χ0v) is 12.7. The van der Waals surface area contributed by atoms with Crippen molar-refractivity contribution in [1.82, 2.24) is 0 Å². The summed E-state index contributed by atoms with van der Waals surface area (Å²) >= 11 is 0.